The number of hydrogen-bond donors (Lipinski definition) is 2. The van der Waals surface area contributed by atoms with E-state index in [0.29, 0.717) is 54.2 Å². The lowest BCUT2D eigenvalue weighted by Gasteiger charge is -2.40. The Labute approximate surface area is 240 Å². The summed E-state index contributed by atoms with van der Waals surface area (Å²) in [6.07, 6.45) is 1.52. The summed E-state index contributed by atoms with van der Waals surface area (Å²) in [7, 11) is 0. The van der Waals surface area contributed by atoms with E-state index in [4.69, 9.17) is 25.8 Å². The second-order valence-electron chi connectivity index (χ2n) is 10.2. The number of benzene rings is 2. The fourth-order valence-electron chi connectivity index (χ4n) is 5.41. The Morgan fingerprint density at radius 2 is 1.93 bits per heavy atom. The number of carbonyl (C=O) groups excluding carboxylic acids is 2. The Hall–Kier alpha value is -3.66. The first kappa shape index (κ1) is 28.9. The highest BCUT2D eigenvalue weighted by atomic mass is 35.5. The molecule has 218 valence electrons. The van der Waals surface area contributed by atoms with Gasteiger partial charge in [-0.3, -0.25) is 9.59 Å². The summed E-state index contributed by atoms with van der Waals surface area (Å²) < 4.78 is 59.1. The lowest BCUT2D eigenvalue weighted by atomic mass is 9.80. The van der Waals surface area contributed by atoms with Gasteiger partial charge in [0.2, 0.25) is 0 Å². The van der Waals surface area contributed by atoms with Gasteiger partial charge in [-0.25, -0.2) is 0 Å². The second-order valence-corrected chi connectivity index (χ2v) is 10.6. The summed E-state index contributed by atoms with van der Waals surface area (Å²) in [5, 5.41) is 5.57. The topological polar surface area (TPSA) is 85.9 Å². The van der Waals surface area contributed by atoms with Crippen molar-refractivity contribution < 1.29 is 37.0 Å². The molecule has 1 aliphatic carbocycles. The molecule has 41 heavy (non-hydrogen) atoms. The van der Waals surface area contributed by atoms with Crippen LogP contribution in [0.1, 0.15) is 54.4 Å². The van der Waals surface area contributed by atoms with Gasteiger partial charge in [0, 0.05) is 23.7 Å². The molecule has 3 aliphatic rings. The van der Waals surface area contributed by atoms with Crippen LogP contribution in [-0.4, -0.2) is 43.4 Å². The van der Waals surface area contributed by atoms with Crippen LogP contribution in [0.3, 0.4) is 0 Å². The van der Waals surface area contributed by atoms with Crippen LogP contribution >= 0.6 is 11.6 Å². The van der Waals surface area contributed by atoms with Gasteiger partial charge in [0.15, 0.2) is 5.54 Å². The molecule has 2 aliphatic heterocycles. The van der Waals surface area contributed by atoms with Crippen molar-refractivity contribution in [3.8, 4) is 17.2 Å². The molecule has 0 saturated heterocycles. The highest BCUT2D eigenvalue weighted by molar-refractivity contribution is 6.32. The summed E-state index contributed by atoms with van der Waals surface area (Å²) in [4.78, 5) is 25.0. The van der Waals surface area contributed by atoms with Gasteiger partial charge in [0.05, 0.1) is 24.2 Å². The van der Waals surface area contributed by atoms with Crippen LogP contribution in [0.25, 0.3) is 0 Å². The van der Waals surface area contributed by atoms with Crippen LogP contribution in [0.2, 0.25) is 5.02 Å². The molecule has 1 amide bonds. The number of carbonyl (C=O) groups is 2. The van der Waals surface area contributed by atoms with Gasteiger partial charge in [0.1, 0.15) is 17.2 Å². The van der Waals surface area contributed by atoms with Crippen molar-refractivity contribution in [1.82, 2.24) is 10.6 Å². The summed E-state index contributed by atoms with van der Waals surface area (Å²) in [5.74, 6) is -0.502. The first-order chi connectivity index (χ1) is 19.6. The van der Waals surface area contributed by atoms with Crippen LogP contribution in [0.5, 0.6) is 17.2 Å². The van der Waals surface area contributed by atoms with Crippen molar-refractivity contribution in [2.24, 2.45) is 5.92 Å². The first-order valence-electron chi connectivity index (χ1n) is 13.5. The van der Waals surface area contributed by atoms with Gasteiger partial charge in [-0.1, -0.05) is 17.7 Å². The molecule has 2 unspecified atom stereocenters. The molecule has 2 atom stereocenters. The predicted octanol–water partition coefficient (Wildman–Crippen LogP) is 6.44. The number of allylic oxidation sites excluding steroid dienone is 2. The van der Waals surface area contributed by atoms with Crippen molar-refractivity contribution in [2.75, 3.05) is 19.8 Å². The van der Waals surface area contributed by atoms with Crippen LogP contribution in [0, 0.1) is 5.92 Å². The van der Waals surface area contributed by atoms with Crippen molar-refractivity contribution in [3.05, 3.63) is 76.5 Å². The molecule has 2 N–H and O–H groups in total. The van der Waals surface area contributed by atoms with E-state index >= 15 is 0 Å². The number of esters is 1. The highest BCUT2D eigenvalue weighted by Crippen LogP contribution is 2.53. The van der Waals surface area contributed by atoms with Gasteiger partial charge in [-0.15, -0.1) is 0 Å². The van der Waals surface area contributed by atoms with E-state index in [-0.39, 0.29) is 36.1 Å². The fourth-order valence-corrected chi connectivity index (χ4v) is 5.62. The monoisotopic (exact) mass is 590 g/mol. The third-order valence-electron chi connectivity index (χ3n) is 7.55. The molecule has 2 aromatic rings. The van der Waals surface area contributed by atoms with Crippen LogP contribution in [0.4, 0.5) is 13.2 Å². The minimum atomic E-state index is -4.44. The van der Waals surface area contributed by atoms with Gasteiger partial charge in [-0.05, 0) is 86.7 Å². The largest absolute Gasteiger partial charge is 0.493 e. The lowest BCUT2D eigenvalue weighted by Crippen LogP contribution is -2.59. The Kier molecular flexibility index (Phi) is 8.22. The summed E-state index contributed by atoms with van der Waals surface area (Å²) >= 11 is 6.45. The van der Waals surface area contributed by atoms with E-state index in [0.717, 1.165) is 0 Å². The smallest absolute Gasteiger partial charge is 0.415 e. The quantitative estimate of drug-likeness (QED) is 0.327. The third kappa shape index (κ3) is 5.88. The van der Waals surface area contributed by atoms with E-state index in [9.17, 15) is 22.8 Å². The van der Waals surface area contributed by atoms with Crippen molar-refractivity contribution in [2.45, 2.75) is 50.2 Å². The van der Waals surface area contributed by atoms with Crippen molar-refractivity contribution in [1.29, 1.82) is 0 Å². The van der Waals surface area contributed by atoms with E-state index in [1.54, 1.807) is 49.4 Å². The van der Waals surface area contributed by atoms with E-state index in [1.807, 2.05) is 0 Å². The molecule has 2 aromatic carbocycles. The normalized spacial score (nSPS) is 21.6. The van der Waals surface area contributed by atoms with Crippen LogP contribution in [0.15, 0.2) is 60.3 Å². The number of dihydropyridines is 1. The predicted molar refractivity (Wildman–Crippen MR) is 146 cm³/mol. The maximum atomic E-state index is 14.1. The molecule has 0 radical (unpaired) electrons. The molecule has 2 heterocycles. The summed E-state index contributed by atoms with van der Waals surface area (Å²) in [6, 6.07) is 9.55. The fraction of sp³-hybridized carbons (Fsp3) is 0.400. The minimum absolute atomic E-state index is 0.0561. The van der Waals surface area contributed by atoms with Crippen LogP contribution in [-0.2, 0) is 9.53 Å². The third-order valence-corrected chi connectivity index (χ3v) is 7.84. The van der Waals surface area contributed by atoms with Gasteiger partial charge in [-0.2, -0.15) is 13.2 Å². The number of ether oxygens (including phenoxy) is 3. The van der Waals surface area contributed by atoms with Crippen molar-refractivity contribution in [3.63, 3.8) is 0 Å². The molecule has 1 saturated carbocycles. The number of fused-ring (bicyclic) bond motifs is 1. The van der Waals surface area contributed by atoms with Crippen LogP contribution < -0.4 is 20.1 Å². The Morgan fingerprint density at radius 1 is 1.17 bits per heavy atom. The number of rotatable bonds is 9. The molecule has 5 rings (SSSR count). The average Bonchev–Trinajstić information content (AvgIpc) is 3.79. The lowest BCUT2D eigenvalue weighted by molar-refractivity contribution is -0.189. The SMILES string of the molecule is CCOC(=O)C1CCOc2cc(Oc3ccc(C(=O)NCCC4=CC=CNC4(C4CC4)C(F)(F)F)cc3)c(Cl)cc21. The number of amides is 1. The highest BCUT2D eigenvalue weighted by Gasteiger charge is 2.64. The molecule has 1 fully saturated rings. The number of halogens is 4. The van der Waals surface area contributed by atoms with Gasteiger partial charge >= 0.3 is 12.1 Å². The molecule has 11 heteroatoms. The minimum Gasteiger partial charge on any atom is -0.493 e. The molecular formula is C30H30ClF3N2O5. The Morgan fingerprint density at radius 3 is 2.61 bits per heavy atom. The molecule has 7 nitrogen and oxygen atoms in total. The first-order valence-corrected chi connectivity index (χ1v) is 13.9. The Bertz CT molecular complexity index is 1370. The zero-order valence-corrected chi connectivity index (χ0v) is 23.1. The number of alkyl halides is 3. The van der Waals surface area contributed by atoms with E-state index in [2.05, 4.69) is 10.6 Å². The van der Waals surface area contributed by atoms with Gasteiger partial charge in [0.25, 0.3) is 5.91 Å². The maximum Gasteiger partial charge on any atom is 0.415 e. The molecular weight excluding hydrogens is 561 g/mol. The average molecular weight is 591 g/mol. The standard InChI is InChI=1S/C30H30ClF3N2O5/c1-2-39-28(38)22-12-15-40-25-17-26(24(31)16-23(22)25)41-21-9-5-18(6-10-21)27(37)35-14-11-19-4-3-13-36-29(19,20-7-8-20)30(32,33)34/h3-6,9-10,13,16-17,20,22,36H,2,7-8,11-12,14-15H2,1H3,(H,35,37). The maximum absolute atomic E-state index is 14.1. The van der Waals surface area contributed by atoms with Crippen molar-refractivity contribution >= 4 is 23.5 Å². The zero-order valence-electron chi connectivity index (χ0n) is 22.4. The summed E-state index contributed by atoms with van der Waals surface area (Å²) in [6.45, 7) is 2.43. The zero-order chi connectivity index (χ0) is 29.2. The Balaban J connectivity index is 1.20. The molecule has 0 bridgehead atoms. The van der Waals surface area contributed by atoms with E-state index in [1.165, 1.54) is 12.3 Å². The second kappa shape index (κ2) is 11.7. The van der Waals surface area contributed by atoms with E-state index < -0.39 is 29.5 Å². The number of nitrogens with one attached hydrogen (secondary N) is 2. The number of hydrogen-bond acceptors (Lipinski definition) is 6. The molecule has 0 spiro atoms. The molecule has 0 aromatic heterocycles. The van der Waals surface area contributed by atoms with Gasteiger partial charge < -0.3 is 24.8 Å². The summed E-state index contributed by atoms with van der Waals surface area (Å²) in [5.41, 5.74) is -0.888.